The van der Waals surface area contributed by atoms with Gasteiger partial charge in [0.25, 0.3) is 11.5 Å². The van der Waals surface area contributed by atoms with Gasteiger partial charge in [0.05, 0.1) is 0 Å². The third kappa shape index (κ3) is 2.94. The van der Waals surface area contributed by atoms with Crippen LogP contribution in [0.25, 0.3) is 16.3 Å². The van der Waals surface area contributed by atoms with Crippen molar-refractivity contribution in [3.8, 4) is 0 Å². The van der Waals surface area contributed by atoms with Gasteiger partial charge in [-0.25, -0.2) is 0 Å². The molecule has 26 heavy (non-hydrogen) atoms. The molecule has 1 aromatic heterocycles. The molecule has 0 unspecified atom stereocenters. The van der Waals surface area contributed by atoms with Crippen LogP contribution in [0.3, 0.4) is 0 Å². The van der Waals surface area contributed by atoms with E-state index in [9.17, 15) is 9.59 Å². The van der Waals surface area contributed by atoms with Gasteiger partial charge < -0.3 is 9.47 Å². The third-order valence-electron chi connectivity index (χ3n) is 4.98. The first-order valence-electron chi connectivity index (χ1n) is 8.76. The van der Waals surface area contributed by atoms with Gasteiger partial charge in [-0.3, -0.25) is 9.59 Å². The lowest BCUT2D eigenvalue weighted by Crippen LogP contribution is -2.35. The zero-order chi connectivity index (χ0) is 18.1. The zero-order valence-corrected chi connectivity index (χ0v) is 14.7. The summed E-state index contributed by atoms with van der Waals surface area (Å²) in [6, 6.07) is 17.8. The van der Waals surface area contributed by atoms with Crippen LogP contribution in [0.1, 0.15) is 22.3 Å². The van der Waals surface area contributed by atoms with E-state index >= 15 is 0 Å². The van der Waals surface area contributed by atoms with E-state index in [0.29, 0.717) is 18.7 Å². The minimum atomic E-state index is -0.167. The van der Waals surface area contributed by atoms with Crippen molar-refractivity contribution in [3.05, 3.63) is 88.4 Å². The monoisotopic (exact) mass is 344 g/mol. The first-order valence-corrected chi connectivity index (χ1v) is 8.76. The fraction of sp³-hybridized carbons (Fsp3) is 0.182. The average Bonchev–Trinajstić information content (AvgIpc) is 2.69. The summed E-state index contributed by atoms with van der Waals surface area (Å²) < 4.78 is 1.46. The maximum atomic E-state index is 12.7. The Morgan fingerprint density at radius 3 is 2.62 bits per heavy atom. The molecule has 0 aliphatic carbocycles. The molecular weight excluding hydrogens is 324 g/mol. The van der Waals surface area contributed by atoms with Crippen LogP contribution in [0.15, 0.2) is 71.7 Å². The summed E-state index contributed by atoms with van der Waals surface area (Å²) in [7, 11) is 1.68. The summed E-state index contributed by atoms with van der Waals surface area (Å²) >= 11 is 0. The first-order chi connectivity index (χ1) is 12.6. The van der Waals surface area contributed by atoms with E-state index in [1.807, 2.05) is 6.07 Å². The van der Waals surface area contributed by atoms with Crippen molar-refractivity contribution in [2.24, 2.45) is 7.05 Å². The van der Waals surface area contributed by atoms with Crippen LogP contribution < -0.4 is 5.56 Å². The van der Waals surface area contributed by atoms with Crippen molar-refractivity contribution in [1.82, 2.24) is 9.47 Å². The van der Waals surface area contributed by atoms with Crippen molar-refractivity contribution >= 4 is 22.3 Å². The zero-order valence-electron chi connectivity index (χ0n) is 14.7. The SMILES string of the molecule is Cn1ccc(C(=O)N2CC=C(c3cccc4ccccc34)CC2)cc1=O. The molecule has 0 bridgehead atoms. The van der Waals surface area contributed by atoms with Gasteiger partial charge in [0.15, 0.2) is 0 Å². The molecule has 2 heterocycles. The maximum absolute atomic E-state index is 12.7. The quantitative estimate of drug-likeness (QED) is 0.714. The Morgan fingerprint density at radius 1 is 1.04 bits per heavy atom. The van der Waals surface area contributed by atoms with Gasteiger partial charge in [-0.1, -0.05) is 48.5 Å². The molecule has 130 valence electrons. The van der Waals surface area contributed by atoms with Crippen molar-refractivity contribution < 1.29 is 4.79 Å². The van der Waals surface area contributed by atoms with Crippen molar-refractivity contribution in [2.45, 2.75) is 6.42 Å². The standard InChI is InChI=1S/C22H20N2O2/c1-23-12-9-18(15-21(23)25)22(26)24-13-10-17(11-14-24)20-8-4-6-16-5-2-3-7-19(16)20/h2-10,12,15H,11,13-14H2,1H3. The summed E-state index contributed by atoms with van der Waals surface area (Å²) in [6.45, 7) is 1.22. The average molecular weight is 344 g/mol. The fourth-order valence-electron chi connectivity index (χ4n) is 3.47. The topological polar surface area (TPSA) is 42.3 Å². The van der Waals surface area contributed by atoms with E-state index in [1.165, 1.54) is 32.5 Å². The molecule has 0 atom stereocenters. The number of rotatable bonds is 2. The van der Waals surface area contributed by atoms with Gasteiger partial charge in [0, 0.05) is 38.0 Å². The van der Waals surface area contributed by atoms with Crippen LogP contribution in [0.5, 0.6) is 0 Å². The lowest BCUT2D eigenvalue weighted by atomic mass is 9.94. The van der Waals surface area contributed by atoms with Crippen LogP contribution in [0, 0.1) is 0 Å². The van der Waals surface area contributed by atoms with E-state index in [0.717, 1.165) is 6.42 Å². The summed E-state index contributed by atoms with van der Waals surface area (Å²) in [5.41, 5.74) is 2.80. The molecule has 1 aliphatic rings. The van der Waals surface area contributed by atoms with Gasteiger partial charge in [-0.05, 0) is 34.4 Å². The smallest absolute Gasteiger partial charge is 0.254 e. The number of benzene rings is 2. The highest BCUT2D eigenvalue weighted by Crippen LogP contribution is 2.29. The van der Waals surface area contributed by atoms with Gasteiger partial charge in [0.1, 0.15) is 0 Å². The number of hydrogen-bond donors (Lipinski definition) is 0. The van der Waals surface area contributed by atoms with Crippen molar-refractivity contribution in [1.29, 1.82) is 0 Å². The highest BCUT2D eigenvalue weighted by atomic mass is 16.2. The van der Waals surface area contributed by atoms with E-state index in [-0.39, 0.29) is 11.5 Å². The largest absolute Gasteiger partial charge is 0.335 e. The Bertz CT molecular complexity index is 1070. The first kappa shape index (κ1) is 16.3. The highest BCUT2D eigenvalue weighted by Gasteiger charge is 2.20. The van der Waals surface area contributed by atoms with E-state index < -0.39 is 0 Å². The van der Waals surface area contributed by atoms with Gasteiger partial charge >= 0.3 is 0 Å². The molecule has 4 rings (SSSR count). The lowest BCUT2D eigenvalue weighted by molar-refractivity contribution is 0.0772. The number of carbonyl (C=O) groups is 1. The Balaban J connectivity index is 1.59. The second-order valence-electron chi connectivity index (χ2n) is 6.62. The molecule has 0 radical (unpaired) electrons. The highest BCUT2D eigenvalue weighted by molar-refractivity contribution is 5.96. The summed E-state index contributed by atoms with van der Waals surface area (Å²) in [5.74, 6) is -0.0871. The lowest BCUT2D eigenvalue weighted by Gasteiger charge is -2.27. The molecule has 0 N–H and O–H groups in total. The molecule has 0 saturated heterocycles. The molecule has 3 aromatic rings. The molecule has 0 spiro atoms. The van der Waals surface area contributed by atoms with Crippen LogP contribution >= 0.6 is 0 Å². The molecule has 1 amide bonds. The van der Waals surface area contributed by atoms with E-state index in [2.05, 4.69) is 42.5 Å². The number of hydrogen-bond acceptors (Lipinski definition) is 2. The minimum Gasteiger partial charge on any atom is -0.335 e. The van der Waals surface area contributed by atoms with Crippen LogP contribution in [0.4, 0.5) is 0 Å². The molecule has 2 aromatic carbocycles. The van der Waals surface area contributed by atoms with Crippen LogP contribution in [-0.2, 0) is 7.05 Å². The predicted molar refractivity (Wildman–Crippen MR) is 104 cm³/mol. The van der Waals surface area contributed by atoms with Gasteiger partial charge in [0.2, 0.25) is 0 Å². The van der Waals surface area contributed by atoms with Crippen molar-refractivity contribution in [3.63, 3.8) is 0 Å². The Hall–Kier alpha value is -3.14. The molecule has 4 heteroatoms. The Labute approximate surface area is 152 Å². The number of pyridine rings is 1. The molecular formula is C22H20N2O2. The summed E-state index contributed by atoms with van der Waals surface area (Å²) in [5, 5.41) is 2.47. The molecule has 4 nitrogen and oxygen atoms in total. The van der Waals surface area contributed by atoms with Gasteiger partial charge in [-0.2, -0.15) is 0 Å². The number of nitrogens with zero attached hydrogens (tertiary/aromatic N) is 2. The molecule has 0 fully saturated rings. The number of amides is 1. The van der Waals surface area contributed by atoms with Crippen LogP contribution in [0.2, 0.25) is 0 Å². The van der Waals surface area contributed by atoms with Gasteiger partial charge in [-0.15, -0.1) is 0 Å². The Morgan fingerprint density at radius 2 is 1.85 bits per heavy atom. The van der Waals surface area contributed by atoms with E-state index in [4.69, 9.17) is 0 Å². The van der Waals surface area contributed by atoms with Crippen LogP contribution in [-0.4, -0.2) is 28.5 Å². The van der Waals surface area contributed by atoms with Crippen molar-refractivity contribution in [2.75, 3.05) is 13.1 Å². The second-order valence-corrected chi connectivity index (χ2v) is 6.62. The molecule has 0 saturated carbocycles. The summed E-state index contributed by atoms with van der Waals surface area (Å²) in [4.78, 5) is 26.2. The molecule has 1 aliphatic heterocycles. The predicted octanol–water partition coefficient (Wildman–Crippen LogP) is 3.47. The minimum absolute atomic E-state index is 0.0871. The summed E-state index contributed by atoms with van der Waals surface area (Å²) in [6.07, 6.45) is 4.58. The maximum Gasteiger partial charge on any atom is 0.254 e. The number of aromatic nitrogens is 1. The second kappa shape index (κ2) is 6.64. The number of aryl methyl sites for hydroxylation is 1. The van der Waals surface area contributed by atoms with E-state index in [1.54, 1.807) is 24.2 Å². The number of fused-ring (bicyclic) bond motifs is 1. The number of carbonyl (C=O) groups excluding carboxylic acids is 1. The third-order valence-corrected chi connectivity index (χ3v) is 4.98. The Kier molecular flexibility index (Phi) is 4.17. The fourth-order valence-corrected chi connectivity index (χ4v) is 3.47. The normalized spacial score (nSPS) is 14.3.